The summed E-state index contributed by atoms with van der Waals surface area (Å²) in [6.45, 7) is 1.96. The smallest absolute Gasteiger partial charge is 0.251 e. The number of amides is 2. The highest BCUT2D eigenvalue weighted by molar-refractivity contribution is 5.96. The molecule has 3 rings (SSSR count). The first-order chi connectivity index (χ1) is 13.5. The lowest BCUT2D eigenvalue weighted by atomic mass is 10.1. The maximum atomic E-state index is 12.9. The average Bonchev–Trinajstić information content (AvgIpc) is 3.17. The quantitative estimate of drug-likeness (QED) is 0.795. The molecule has 0 saturated carbocycles. The lowest BCUT2D eigenvalue weighted by molar-refractivity contribution is -0.129. The van der Waals surface area contributed by atoms with Gasteiger partial charge in [-0.05, 0) is 55.0 Å². The lowest BCUT2D eigenvalue weighted by Crippen LogP contribution is -2.39. The number of methoxy groups -OCH3 is 1. The van der Waals surface area contributed by atoms with Crippen LogP contribution >= 0.6 is 0 Å². The molecule has 2 amide bonds. The Morgan fingerprint density at radius 3 is 2.39 bits per heavy atom. The Labute approximate surface area is 163 Å². The monoisotopic (exact) mass is 386 g/mol. The van der Waals surface area contributed by atoms with E-state index in [-0.39, 0.29) is 24.2 Å². The number of benzene rings is 2. The molecule has 0 aliphatic carbocycles. The van der Waals surface area contributed by atoms with E-state index in [1.807, 2.05) is 0 Å². The molecular formula is C21H23FN2O4. The van der Waals surface area contributed by atoms with Crippen molar-refractivity contribution >= 4 is 11.8 Å². The van der Waals surface area contributed by atoms with Gasteiger partial charge < -0.3 is 19.7 Å². The van der Waals surface area contributed by atoms with E-state index in [1.54, 1.807) is 36.3 Å². The molecular weight excluding hydrogens is 363 g/mol. The van der Waals surface area contributed by atoms with Crippen LogP contribution in [0.2, 0.25) is 0 Å². The Morgan fingerprint density at radius 2 is 1.75 bits per heavy atom. The predicted octanol–water partition coefficient (Wildman–Crippen LogP) is 2.84. The van der Waals surface area contributed by atoms with Crippen molar-refractivity contribution < 1.29 is 23.5 Å². The van der Waals surface area contributed by atoms with Gasteiger partial charge in [0, 0.05) is 31.7 Å². The van der Waals surface area contributed by atoms with E-state index in [0.717, 1.165) is 6.42 Å². The molecule has 28 heavy (non-hydrogen) atoms. The van der Waals surface area contributed by atoms with E-state index >= 15 is 0 Å². The standard InChI is InChI=1S/C21H23FN2O4/c1-27-14-15-10-11-24(13-15)20(25)12-23-21(26)16-2-6-18(7-3-16)28-19-8-4-17(22)5-9-19/h2-9,15H,10-14H2,1H3,(H,23,26). The van der Waals surface area contributed by atoms with Gasteiger partial charge in [-0.25, -0.2) is 4.39 Å². The molecule has 148 valence electrons. The van der Waals surface area contributed by atoms with Gasteiger partial charge in [-0.15, -0.1) is 0 Å². The van der Waals surface area contributed by atoms with Crippen LogP contribution in [0.1, 0.15) is 16.8 Å². The Hall–Kier alpha value is -2.93. The van der Waals surface area contributed by atoms with E-state index in [1.165, 1.54) is 24.3 Å². The van der Waals surface area contributed by atoms with Crippen LogP contribution in [0.25, 0.3) is 0 Å². The Balaban J connectivity index is 1.48. The maximum absolute atomic E-state index is 12.9. The van der Waals surface area contributed by atoms with Crippen LogP contribution in [0, 0.1) is 11.7 Å². The van der Waals surface area contributed by atoms with Gasteiger partial charge in [0.1, 0.15) is 17.3 Å². The summed E-state index contributed by atoms with van der Waals surface area (Å²) in [5.41, 5.74) is 0.429. The molecule has 7 heteroatoms. The number of hydrogen-bond donors (Lipinski definition) is 1. The minimum atomic E-state index is -0.336. The average molecular weight is 386 g/mol. The summed E-state index contributed by atoms with van der Waals surface area (Å²) >= 11 is 0. The number of nitrogens with zero attached hydrogens (tertiary/aromatic N) is 1. The summed E-state index contributed by atoms with van der Waals surface area (Å²) in [7, 11) is 1.65. The summed E-state index contributed by atoms with van der Waals surface area (Å²) in [6, 6.07) is 12.2. The zero-order valence-corrected chi connectivity index (χ0v) is 15.7. The highest BCUT2D eigenvalue weighted by atomic mass is 19.1. The van der Waals surface area contributed by atoms with Gasteiger partial charge in [-0.1, -0.05) is 0 Å². The second-order valence-electron chi connectivity index (χ2n) is 6.71. The number of likely N-dealkylation sites (tertiary alicyclic amines) is 1. The Bertz CT molecular complexity index is 808. The number of ether oxygens (including phenoxy) is 2. The molecule has 0 radical (unpaired) electrons. The topological polar surface area (TPSA) is 67.9 Å². The summed E-state index contributed by atoms with van der Waals surface area (Å²) in [5.74, 6) is 0.634. The van der Waals surface area contributed by atoms with Gasteiger partial charge in [0.15, 0.2) is 0 Å². The largest absolute Gasteiger partial charge is 0.457 e. The molecule has 2 aromatic rings. The SMILES string of the molecule is COCC1CCN(C(=O)CNC(=O)c2ccc(Oc3ccc(F)cc3)cc2)C1. The highest BCUT2D eigenvalue weighted by Crippen LogP contribution is 2.22. The fourth-order valence-electron chi connectivity index (χ4n) is 3.11. The van der Waals surface area contributed by atoms with Gasteiger partial charge in [0.05, 0.1) is 13.2 Å². The summed E-state index contributed by atoms with van der Waals surface area (Å²) in [6.07, 6.45) is 0.920. The van der Waals surface area contributed by atoms with E-state index in [4.69, 9.17) is 9.47 Å². The molecule has 6 nitrogen and oxygen atoms in total. The number of carbonyl (C=O) groups excluding carboxylic acids is 2. The van der Waals surface area contributed by atoms with Crippen LogP contribution in [0.3, 0.4) is 0 Å². The van der Waals surface area contributed by atoms with E-state index in [0.29, 0.717) is 42.7 Å². The van der Waals surface area contributed by atoms with Crippen molar-refractivity contribution in [1.82, 2.24) is 10.2 Å². The van der Waals surface area contributed by atoms with Crippen molar-refractivity contribution in [3.05, 3.63) is 59.9 Å². The third-order valence-electron chi connectivity index (χ3n) is 4.61. The highest BCUT2D eigenvalue weighted by Gasteiger charge is 2.26. The Morgan fingerprint density at radius 1 is 1.11 bits per heavy atom. The second kappa shape index (κ2) is 9.32. The molecule has 1 aliphatic rings. The number of carbonyl (C=O) groups is 2. The molecule has 1 heterocycles. The zero-order valence-electron chi connectivity index (χ0n) is 15.7. The Kier molecular flexibility index (Phi) is 6.60. The van der Waals surface area contributed by atoms with Crippen molar-refractivity contribution in [2.24, 2.45) is 5.92 Å². The molecule has 1 aliphatic heterocycles. The first-order valence-electron chi connectivity index (χ1n) is 9.13. The number of halogens is 1. The van der Waals surface area contributed by atoms with Crippen molar-refractivity contribution in [1.29, 1.82) is 0 Å². The molecule has 0 spiro atoms. The van der Waals surface area contributed by atoms with Crippen molar-refractivity contribution in [2.45, 2.75) is 6.42 Å². The van der Waals surface area contributed by atoms with Crippen molar-refractivity contribution in [2.75, 3.05) is 33.4 Å². The minimum absolute atomic E-state index is 0.0354. The number of nitrogens with one attached hydrogen (secondary N) is 1. The van der Waals surface area contributed by atoms with Crippen LogP contribution in [-0.2, 0) is 9.53 Å². The van der Waals surface area contributed by atoms with Gasteiger partial charge >= 0.3 is 0 Å². The van der Waals surface area contributed by atoms with Gasteiger partial charge in [-0.3, -0.25) is 9.59 Å². The van der Waals surface area contributed by atoms with E-state index in [9.17, 15) is 14.0 Å². The van der Waals surface area contributed by atoms with Crippen LogP contribution in [-0.4, -0.2) is 50.1 Å². The van der Waals surface area contributed by atoms with Crippen LogP contribution < -0.4 is 10.1 Å². The molecule has 0 aromatic heterocycles. The normalized spacial score (nSPS) is 16.1. The predicted molar refractivity (Wildman–Crippen MR) is 102 cm³/mol. The molecule has 1 atom stereocenters. The molecule has 1 N–H and O–H groups in total. The third kappa shape index (κ3) is 5.29. The van der Waals surface area contributed by atoms with Crippen molar-refractivity contribution in [3.8, 4) is 11.5 Å². The summed E-state index contributed by atoms with van der Waals surface area (Å²) in [4.78, 5) is 26.2. The van der Waals surface area contributed by atoms with Crippen LogP contribution in [0.5, 0.6) is 11.5 Å². The number of rotatable bonds is 7. The zero-order chi connectivity index (χ0) is 19.9. The fraction of sp³-hybridized carbons (Fsp3) is 0.333. The minimum Gasteiger partial charge on any atom is -0.457 e. The maximum Gasteiger partial charge on any atom is 0.251 e. The van der Waals surface area contributed by atoms with E-state index in [2.05, 4.69) is 5.32 Å². The number of hydrogen-bond acceptors (Lipinski definition) is 4. The molecule has 1 unspecified atom stereocenters. The van der Waals surface area contributed by atoms with Crippen LogP contribution in [0.4, 0.5) is 4.39 Å². The van der Waals surface area contributed by atoms with Gasteiger partial charge in [0.25, 0.3) is 5.91 Å². The summed E-state index contributed by atoms with van der Waals surface area (Å²) in [5, 5.41) is 2.65. The lowest BCUT2D eigenvalue weighted by Gasteiger charge is -2.16. The molecule has 0 bridgehead atoms. The second-order valence-corrected chi connectivity index (χ2v) is 6.71. The van der Waals surface area contributed by atoms with Crippen LogP contribution in [0.15, 0.2) is 48.5 Å². The molecule has 1 saturated heterocycles. The van der Waals surface area contributed by atoms with Crippen molar-refractivity contribution in [3.63, 3.8) is 0 Å². The molecule has 1 fully saturated rings. The van der Waals surface area contributed by atoms with E-state index < -0.39 is 0 Å². The summed E-state index contributed by atoms with van der Waals surface area (Å²) < 4.78 is 23.6. The first kappa shape index (κ1) is 19.8. The van der Waals surface area contributed by atoms with Gasteiger partial charge in [-0.2, -0.15) is 0 Å². The molecule has 2 aromatic carbocycles. The third-order valence-corrected chi connectivity index (χ3v) is 4.61. The first-order valence-corrected chi connectivity index (χ1v) is 9.13. The fourth-order valence-corrected chi connectivity index (χ4v) is 3.11. The van der Waals surface area contributed by atoms with Gasteiger partial charge in [0.2, 0.25) is 5.91 Å².